The first-order chi connectivity index (χ1) is 18.7. The van der Waals surface area contributed by atoms with Crippen molar-refractivity contribution in [2.75, 3.05) is 10.6 Å². The Morgan fingerprint density at radius 1 is 0.744 bits per heavy atom. The SMILES string of the molecule is Cc1cc(C)c(NC(=O)Nc2cc(-c3ccccc3)ccc2C(=O)NC2(C(=O)O)CCCCCCC2)c(C)c1. The van der Waals surface area contributed by atoms with E-state index in [1.807, 2.05) is 69.3 Å². The van der Waals surface area contributed by atoms with Crippen molar-refractivity contribution in [2.24, 2.45) is 0 Å². The van der Waals surface area contributed by atoms with Crippen LogP contribution in [0.2, 0.25) is 0 Å². The van der Waals surface area contributed by atoms with Crippen molar-refractivity contribution in [3.05, 3.63) is 82.9 Å². The standard InChI is InChI=1S/C32H37N3O4/c1-21-18-22(2)28(23(3)19-21)34-31(39)33-27-20-25(24-12-8-7-9-13-24)14-15-26(27)29(36)35-32(30(37)38)16-10-5-4-6-11-17-32/h7-9,12-15,18-20H,4-6,10-11,16-17H2,1-3H3,(H,35,36)(H,37,38)(H2,33,34,39). The molecular formula is C32H37N3O4. The normalized spacial score (nSPS) is 14.9. The van der Waals surface area contributed by atoms with Gasteiger partial charge in [-0.05, 0) is 68.0 Å². The van der Waals surface area contributed by atoms with Crippen molar-refractivity contribution in [3.63, 3.8) is 0 Å². The molecule has 204 valence electrons. The van der Waals surface area contributed by atoms with Gasteiger partial charge in [0.2, 0.25) is 0 Å². The van der Waals surface area contributed by atoms with Crippen molar-refractivity contribution in [1.29, 1.82) is 0 Å². The number of carbonyl (C=O) groups excluding carboxylic acids is 2. The summed E-state index contributed by atoms with van der Waals surface area (Å²) in [5, 5.41) is 18.8. The Morgan fingerprint density at radius 2 is 1.36 bits per heavy atom. The van der Waals surface area contributed by atoms with E-state index in [0.29, 0.717) is 24.2 Å². The number of benzene rings is 3. The van der Waals surface area contributed by atoms with Crippen molar-refractivity contribution < 1.29 is 19.5 Å². The molecule has 0 aromatic heterocycles. The molecule has 0 atom stereocenters. The van der Waals surface area contributed by atoms with Gasteiger partial charge in [-0.1, -0.05) is 86.2 Å². The minimum Gasteiger partial charge on any atom is -0.480 e. The van der Waals surface area contributed by atoms with E-state index >= 15 is 0 Å². The summed E-state index contributed by atoms with van der Waals surface area (Å²) >= 11 is 0. The van der Waals surface area contributed by atoms with Gasteiger partial charge in [-0.25, -0.2) is 9.59 Å². The van der Waals surface area contributed by atoms with Crippen LogP contribution in [0.15, 0.2) is 60.7 Å². The molecule has 7 nitrogen and oxygen atoms in total. The molecule has 0 bridgehead atoms. The molecule has 3 aromatic rings. The van der Waals surface area contributed by atoms with Gasteiger partial charge in [0, 0.05) is 5.69 Å². The molecule has 0 saturated heterocycles. The Morgan fingerprint density at radius 3 is 1.97 bits per heavy atom. The average molecular weight is 528 g/mol. The molecule has 39 heavy (non-hydrogen) atoms. The van der Waals surface area contributed by atoms with Crippen LogP contribution in [-0.4, -0.2) is 28.6 Å². The van der Waals surface area contributed by atoms with E-state index in [0.717, 1.165) is 59.9 Å². The summed E-state index contributed by atoms with van der Waals surface area (Å²) in [6, 6.07) is 18.4. The van der Waals surface area contributed by atoms with Crippen LogP contribution in [0, 0.1) is 20.8 Å². The summed E-state index contributed by atoms with van der Waals surface area (Å²) in [5.41, 5.74) is 4.63. The molecule has 4 N–H and O–H groups in total. The number of hydrogen-bond donors (Lipinski definition) is 4. The Bertz CT molecular complexity index is 1340. The van der Waals surface area contributed by atoms with Crippen LogP contribution in [-0.2, 0) is 4.79 Å². The van der Waals surface area contributed by atoms with E-state index in [-0.39, 0.29) is 5.56 Å². The van der Waals surface area contributed by atoms with Gasteiger partial charge in [0.15, 0.2) is 0 Å². The second-order valence-corrected chi connectivity index (χ2v) is 10.6. The minimum atomic E-state index is -1.33. The molecule has 0 unspecified atom stereocenters. The van der Waals surface area contributed by atoms with Crippen LogP contribution in [0.25, 0.3) is 11.1 Å². The molecule has 1 saturated carbocycles. The van der Waals surface area contributed by atoms with Crippen molar-refractivity contribution in [2.45, 2.75) is 71.3 Å². The smallest absolute Gasteiger partial charge is 0.329 e. The lowest BCUT2D eigenvalue weighted by molar-refractivity contribution is -0.145. The first kappa shape index (κ1) is 27.9. The molecule has 0 aliphatic heterocycles. The van der Waals surface area contributed by atoms with Gasteiger partial charge in [-0.15, -0.1) is 0 Å². The number of nitrogens with one attached hydrogen (secondary N) is 3. The summed E-state index contributed by atoms with van der Waals surface area (Å²) in [6.45, 7) is 5.87. The largest absolute Gasteiger partial charge is 0.480 e. The number of anilines is 2. The number of urea groups is 1. The Hall–Kier alpha value is -4.13. The monoisotopic (exact) mass is 527 g/mol. The predicted molar refractivity (Wildman–Crippen MR) is 155 cm³/mol. The topological polar surface area (TPSA) is 108 Å². The van der Waals surface area contributed by atoms with Gasteiger partial charge in [-0.2, -0.15) is 0 Å². The first-order valence-electron chi connectivity index (χ1n) is 13.6. The molecular weight excluding hydrogens is 490 g/mol. The first-order valence-corrected chi connectivity index (χ1v) is 13.6. The lowest BCUT2D eigenvalue weighted by Gasteiger charge is -2.32. The summed E-state index contributed by atoms with van der Waals surface area (Å²) in [4.78, 5) is 39.2. The molecule has 1 aliphatic rings. The number of carboxylic acids is 1. The third-order valence-corrected chi connectivity index (χ3v) is 7.50. The van der Waals surface area contributed by atoms with Crippen molar-refractivity contribution >= 4 is 29.3 Å². The molecule has 4 rings (SSSR count). The van der Waals surface area contributed by atoms with Crippen LogP contribution in [0.4, 0.5) is 16.2 Å². The van der Waals surface area contributed by atoms with Crippen LogP contribution in [0.1, 0.15) is 72.0 Å². The molecule has 3 aromatic carbocycles. The van der Waals surface area contributed by atoms with E-state index in [2.05, 4.69) is 16.0 Å². The minimum absolute atomic E-state index is 0.213. The van der Waals surface area contributed by atoms with Crippen LogP contribution >= 0.6 is 0 Å². The average Bonchev–Trinajstić information content (AvgIpc) is 2.88. The zero-order valence-corrected chi connectivity index (χ0v) is 22.9. The van der Waals surface area contributed by atoms with Gasteiger partial charge in [0.1, 0.15) is 5.54 Å². The Labute approximate surface area is 230 Å². The second kappa shape index (κ2) is 12.2. The van der Waals surface area contributed by atoms with Gasteiger partial charge in [0.25, 0.3) is 5.91 Å². The highest BCUT2D eigenvalue weighted by Crippen LogP contribution is 2.30. The maximum atomic E-state index is 13.6. The Balaban J connectivity index is 1.66. The lowest BCUT2D eigenvalue weighted by atomic mass is 9.83. The number of aliphatic carboxylic acids is 1. The molecule has 3 amide bonds. The number of carboxylic acid groups (broad SMARTS) is 1. The van der Waals surface area contributed by atoms with Crippen LogP contribution < -0.4 is 16.0 Å². The van der Waals surface area contributed by atoms with E-state index in [9.17, 15) is 19.5 Å². The molecule has 1 aliphatic carbocycles. The van der Waals surface area contributed by atoms with Gasteiger partial charge in [0.05, 0.1) is 11.3 Å². The fraction of sp³-hybridized carbons (Fsp3) is 0.344. The number of amides is 3. The molecule has 7 heteroatoms. The van der Waals surface area contributed by atoms with E-state index in [4.69, 9.17) is 0 Å². The lowest BCUT2D eigenvalue weighted by Crippen LogP contribution is -2.55. The summed E-state index contributed by atoms with van der Waals surface area (Å²) < 4.78 is 0. The predicted octanol–water partition coefficient (Wildman–Crippen LogP) is 7.22. The fourth-order valence-corrected chi connectivity index (χ4v) is 5.49. The number of rotatable bonds is 6. The van der Waals surface area contributed by atoms with E-state index < -0.39 is 23.4 Å². The highest BCUT2D eigenvalue weighted by molar-refractivity contribution is 6.08. The van der Waals surface area contributed by atoms with Crippen LogP contribution in [0.5, 0.6) is 0 Å². The zero-order valence-electron chi connectivity index (χ0n) is 22.9. The molecule has 0 radical (unpaired) electrons. The maximum absolute atomic E-state index is 13.6. The number of aryl methyl sites for hydroxylation is 3. The third kappa shape index (κ3) is 6.66. The summed E-state index contributed by atoms with van der Waals surface area (Å²) in [6.07, 6.45) is 5.21. The molecule has 0 heterocycles. The third-order valence-electron chi connectivity index (χ3n) is 7.50. The van der Waals surface area contributed by atoms with Gasteiger partial charge < -0.3 is 21.1 Å². The quantitative estimate of drug-likeness (QED) is 0.271. The molecule has 0 spiro atoms. The second-order valence-electron chi connectivity index (χ2n) is 10.6. The van der Waals surface area contributed by atoms with Gasteiger partial charge >= 0.3 is 12.0 Å². The fourth-order valence-electron chi connectivity index (χ4n) is 5.49. The van der Waals surface area contributed by atoms with E-state index in [1.54, 1.807) is 12.1 Å². The Kier molecular flexibility index (Phi) is 8.69. The zero-order chi connectivity index (χ0) is 28.0. The van der Waals surface area contributed by atoms with E-state index in [1.165, 1.54) is 0 Å². The number of hydrogen-bond acceptors (Lipinski definition) is 3. The highest BCUT2D eigenvalue weighted by Gasteiger charge is 2.40. The summed E-state index contributed by atoms with van der Waals surface area (Å²) in [7, 11) is 0. The highest BCUT2D eigenvalue weighted by atomic mass is 16.4. The van der Waals surface area contributed by atoms with Crippen molar-refractivity contribution in [3.8, 4) is 11.1 Å². The summed E-state index contributed by atoms with van der Waals surface area (Å²) in [5.74, 6) is -1.54. The molecule has 1 fully saturated rings. The van der Waals surface area contributed by atoms with Crippen molar-refractivity contribution in [1.82, 2.24) is 5.32 Å². The number of carbonyl (C=O) groups is 3. The van der Waals surface area contributed by atoms with Crippen LogP contribution in [0.3, 0.4) is 0 Å². The van der Waals surface area contributed by atoms with Gasteiger partial charge in [-0.3, -0.25) is 4.79 Å². The maximum Gasteiger partial charge on any atom is 0.329 e.